The lowest BCUT2D eigenvalue weighted by Gasteiger charge is -2.36. The lowest BCUT2D eigenvalue weighted by Crippen LogP contribution is -2.49. The van der Waals surface area contributed by atoms with Crippen LogP contribution in [0, 0.1) is 6.92 Å². The number of amides is 1. The minimum atomic E-state index is 0.0399. The van der Waals surface area contributed by atoms with Crippen molar-refractivity contribution in [2.45, 2.75) is 27.3 Å². The van der Waals surface area contributed by atoms with E-state index in [1.807, 2.05) is 60.6 Å². The maximum Gasteiger partial charge on any atom is 0.270 e. The molecule has 0 atom stereocenters. The summed E-state index contributed by atoms with van der Waals surface area (Å²) < 4.78 is 13.6. The van der Waals surface area contributed by atoms with Crippen LogP contribution in [-0.4, -0.2) is 48.2 Å². The minimum Gasteiger partial charge on any atom is -0.492 e. The average Bonchev–Trinajstić information content (AvgIpc) is 3.25. The third-order valence-electron chi connectivity index (χ3n) is 5.43. The van der Waals surface area contributed by atoms with Gasteiger partial charge in [0.1, 0.15) is 17.2 Å². The van der Waals surface area contributed by atoms with E-state index >= 15 is 0 Å². The maximum atomic E-state index is 13.4. The molecule has 0 bridgehead atoms. The number of hydrogen-bond donors (Lipinski definition) is 0. The molecule has 1 aliphatic heterocycles. The van der Waals surface area contributed by atoms with Gasteiger partial charge in [0.05, 0.1) is 17.8 Å². The molecule has 1 amide bonds. The van der Waals surface area contributed by atoms with Gasteiger partial charge in [-0.25, -0.2) is 0 Å². The summed E-state index contributed by atoms with van der Waals surface area (Å²) in [6.07, 6.45) is 0. The first kappa shape index (κ1) is 20.1. The number of ether oxygens (including phenoxy) is 1. The van der Waals surface area contributed by atoms with Gasteiger partial charge in [0.2, 0.25) is 0 Å². The van der Waals surface area contributed by atoms with Gasteiger partial charge >= 0.3 is 0 Å². The molecule has 158 valence electrons. The van der Waals surface area contributed by atoms with Crippen LogP contribution in [0.2, 0.25) is 0 Å². The minimum absolute atomic E-state index is 0.0399. The lowest BCUT2D eigenvalue weighted by molar-refractivity contribution is 0.0736. The van der Waals surface area contributed by atoms with Crippen molar-refractivity contribution in [2.24, 2.45) is 0 Å². The predicted octanol–water partition coefficient (Wildman–Crippen LogP) is 4.48. The number of anilines is 1. The molecule has 2 aromatic heterocycles. The summed E-state index contributed by atoms with van der Waals surface area (Å²) >= 11 is 0. The molecule has 0 unspecified atom stereocenters. The molecule has 0 radical (unpaired) electrons. The molecule has 0 N–H and O–H groups in total. The Morgan fingerprint density at radius 3 is 2.60 bits per heavy atom. The number of allylic oxidation sites excluding steroid dienone is 1. The highest BCUT2D eigenvalue weighted by molar-refractivity contribution is 5.98. The van der Waals surface area contributed by atoms with E-state index in [9.17, 15) is 4.79 Å². The Labute approximate surface area is 177 Å². The van der Waals surface area contributed by atoms with Crippen LogP contribution in [0.25, 0.3) is 11.1 Å². The Bertz CT molecular complexity index is 1070. The molecule has 0 aliphatic carbocycles. The fourth-order valence-electron chi connectivity index (χ4n) is 4.09. The highest BCUT2D eigenvalue weighted by atomic mass is 16.5. The summed E-state index contributed by atoms with van der Waals surface area (Å²) in [6.45, 7) is 14.0. The normalized spacial score (nSPS) is 14.4. The molecule has 6 nitrogen and oxygen atoms in total. The van der Waals surface area contributed by atoms with Crippen LogP contribution in [0.15, 0.2) is 53.0 Å². The second-order valence-corrected chi connectivity index (χ2v) is 7.86. The van der Waals surface area contributed by atoms with E-state index in [2.05, 4.69) is 17.5 Å². The molecular weight excluding hydrogens is 378 g/mol. The molecule has 30 heavy (non-hydrogen) atoms. The van der Waals surface area contributed by atoms with Crippen molar-refractivity contribution < 1.29 is 13.9 Å². The van der Waals surface area contributed by atoms with Crippen LogP contribution < -0.4 is 9.64 Å². The van der Waals surface area contributed by atoms with E-state index in [0.29, 0.717) is 31.9 Å². The Kier molecular flexibility index (Phi) is 5.57. The Balaban J connectivity index is 1.52. The molecule has 1 saturated heterocycles. The number of aromatic nitrogens is 1. The third-order valence-corrected chi connectivity index (χ3v) is 5.43. The molecule has 3 aromatic rings. The first-order valence-electron chi connectivity index (χ1n) is 10.5. The Hall–Kier alpha value is -3.15. The fraction of sp³-hybridized carbons (Fsp3) is 0.375. The van der Waals surface area contributed by atoms with Crippen molar-refractivity contribution in [3.8, 4) is 5.75 Å². The molecular formula is C24H29N3O3. The summed E-state index contributed by atoms with van der Waals surface area (Å²) in [5, 5.41) is 0. The number of furan rings is 1. The van der Waals surface area contributed by atoms with Gasteiger partial charge in [0.25, 0.3) is 5.91 Å². The third kappa shape index (κ3) is 3.82. The van der Waals surface area contributed by atoms with E-state index < -0.39 is 0 Å². The van der Waals surface area contributed by atoms with Crippen molar-refractivity contribution in [1.82, 2.24) is 9.47 Å². The first-order chi connectivity index (χ1) is 14.5. The van der Waals surface area contributed by atoms with Gasteiger partial charge in [0.15, 0.2) is 5.58 Å². The monoisotopic (exact) mass is 407 g/mol. The second-order valence-electron chi connectivity index (χ2n) is 7.86. The number of para-hydroxylation sites is 2. The largest absolute Gasteiger partial charge is 0.492 e. The molecule has 0 spiro atoms. The number of fused-ring (bicyclic) bond motifs is 1. The number of carbonyl (C=O) groups excluding carboxylic acids is 1. The second kappa shape index (κ2) is 8.30. The van der Waals surface area contributed by atoms with Crippen molar-refractivity contribution in [3.63, 3.8) is 0 Å². The van der Waals surface area contributed by atoms with Crippen molar-refractivity contribution in [1.29, 1.82) is 0 Å². The van der Waals surface area contributed by atoms with Crippen LogP contribution in [0.4, 0.5) is 5.69 Å². The van der Waals surface area contributed by atoms with Gasteiger partial charge in [-0.3, -0.25) is 4.79 Å². The molecule has 4 rings (SSSR count). The number of aryl methyl sites for hydroxylation is 1. The summed E-state index contributed by atoms with van der Waals surface area (Å²) in [5.41, 5.74) is 4.45. The summed E-state index contributed by atoms with van der Waals surface area (Å²) in [4.78, 5) is 17.6. The van der Waals surface area contributed by atoms with Gasteiger partial charge in [-0.1, -0.05) is 24.3 Å². The van der Waals surface area contributed by atoms with Crippen molar-refractivity contribution >= 4 is 22.7 Å². The number of piperazine rings is 1. The topological polar surface area (TPSA) is 50.9 Å². The SMILES string of the molecule is C=C(C)Cn1c(C(=O)N2CCN(c3ccccc3OCC)CC2)cc2oc(C)cc21. The maximum absolute atomic E-state index is 13.4. The molecule has 1 fully saturated rings. The van der Waals surface area contributed by atoms with E-state index in [0.717, 1.165) is 47.0 Å². The van der Waals surface area contributed by atoms with Gasteiger partial charge in [-0.2, -0.15) is 0 Å². The van der Waals surface area contributed by atoms with Crippen molar-refractivity contribution in [2.75, 3.05) is 37.7 Å². The fourth-order valence-corrected chi connectivity index (χ4v) is 4.09. The van der Waals surface area contributed by atoms with Crippen LogP contribution in [0.3, 0.4) is 0 Å². The lowest BCUT2D eigenvalue weighted by atomic mass is 10.2. The number of hydrogen-bond acceptors (Lipinski definition) is 4. The van der Waals surface area contributed by atoms with Crippen LogP contribution in [-0.2, 0) is 6.54 Å². The molecule has 6 heteroatoms. The van der Waals surface area contributed by atoms with Crippen LogP contribution >= 0.6 is 0 Å². The standard InChI is InChI=1S/C24H29N3O3/c1-5-29-22-9-7-6-8-19(22)25-10-12-26(13-11-25)24(28)21-15-23-20(14-18(4)30-23)27(21)16-17(2)3/h6-9,14-15H,2,5,10-13,16H2,1,3-4H3. The van der Waals surface area contributed by atoms with Gasteiger partial charge in [-0.05, 0) is 32.9 Å². The zero-order valence-electron chi connectivity index (χ0n) is 18.0. The highest BCUT2D eigenvalue weighted by Gasteiger charge is 2.27. The van der Waals surface area contributed by atoms with Gasteiger partial charge < -0.3 is 23.5 Å². The number of benzene rings is 1. The Morgan fingerprint density at radius 1 is 1.17 bits per heavy atom. The Morgan fingerprint density at radius 2 is 1.90 bits per heavy atom. The highest BCUT2D eigenvalue weighted by Crippen LogP contribution is 2.30. The zero-order valence-corrected chi connectivity index (χ0v) is 18.0. The first-order valence-corrected chi connectivity index (χ1v) is 10.5. The quantitative estimate of drug-likeness (QED) is 0.566. The van der Waals surface area contributed by atoms with Crippen LogP contribution in [0.5, 0.6) is 5.75 Å². The average molecular weight is 408 g/mol. The van der Waals surface area contributed by atoms with E-state index in [1.54, 1.807) is 0 Å². The van der Waals surface area contributed by atoms with E-state index in [4.69, 9.17) is 9.15 Å². The summed E-state index contributed by atoms with van der Waals surface area (Å²) in [7, 11) is 0. The van der Waals surface area contributed by atoms with Gasteiger partial charge in [0, 0.05) is 44.9 Å². The van der Waals surface area contributed by atoms with Crippen molar-refractivity contribution in [3.05, 3.63) is 60.0 Å². The molecule has 3 heterocycles. The number of carbonyl (C=O) groups is 1. The molecule has 1 aromatic carbocycles. The van der Waals surface area contributed by atoms with Crippen LogP contribution in [0.1, 0.15) is 30.1 Å². The summed E-state index contributed by atoms with van der Waals surface area (Å²) in [6, 6.07) is 11.9. The summed E-state index contributed by atoms with van der Waals surface area (Å²) in [5.74, 6) is 1.78. The van der Waals surface area contributed by atoms with Gasteiger partial charge in [-0.15, -0.1) is 0 Å². The number of nitrogens with zero attached hydrogens (tertiary/aromatic N) is 3. The smallest absolute Gasteiger partial charge is 0.270 e. The zero-order chi connectivity index (χ0) is 21.3. The predicted molar refractivity (Wildman–Crippen MR) is 119 cm³/mol. The molecule has 1 aliphatic rings. The van der Waals surface area contributed by atoms with E-state index in [1.165, 1.54) is 0 Å². The molecule has 0 saturated carbocycles. The number of rotatable bonds is 6. The van der Waals surface area contributed by atoms with E-state index in [-0.39, 0.29) is 5.91 Å².